The molecule has 1 unspecified atom stereocenters. The second-order valence-electron chi connectivity index (χ2n) is 3.65. The van der Waals surface area contributed by atoms with E-state index >= 15 is 0 Å². The van der Waals surface area contributed by atoms with Gasteiger partial charge in [-0.2, -0.15) is 0 Å². The van der Waals surface area contributed by atoms with Gasteiger partial charge in [0.25, 0.3) is 0 Å². The van der Waals surface area contributed by atoms with Crippen molar-refractivity contribution in [1.82, 2.24) is 0 Å². The van der Waals surface area contributed by atoms with E-state index in [4.69, 9.17) is 0 Å². The van der Waals surface area contributed by atoms with Crippen LogP contribution in [0.5, 0.6) is 0 Å². The molecule has 1 atom stereocenters. The SMILES string of the molecule is CC(C[N+](=O)[O-])C(=O)N(C)c1ccccc1. The van der Waals surface area contributed by atoms with E-state index in [1.807, 2.05) is 18.2 Å². The number of para-hydroxylation sites is 1. The molecule has 1 aromatic rings. The lowest BCUT2D eigenvalue weighted by Crippen LogP contribution is -2.34. The molecular weight excluding hydrogens is 208 g/mol. The van der Waals surface area contributed by atoms with Gasteiger partial charge < -0.3 is 4.90 Å². The average Bonchev–Trinajstić information content (AvgIpc) is 2.27. The quantitative estimate of drug-likeness (QED) is 0.573. The Balaban J connectivity index is 2.71. The molecule has 16 heavy (non-hydrogen) atoms. The van der Waals surface area contributed by atoms with Crippen molar-refractivity contribution in [1.29, 1.82) is 0 Å². The first-order valence-corrected chi connectivity index (χ1v) is 4.96. The Labute approximate surface area is 93.8 Å². The second-order valence-corrected chi connectivity index (χ2v) is 3.65. The number of carbonyl (C=O) groups excluding carboxylic acids is 1. The molecule has 0 radical (unpaired) electrons. The molecule has 0 aliphatic carbocycles. The molecular formula is C11H14N2O3. The van der Waals surface area contributed by atoms with Gasteiger partial charge >= 0.3 is 0 Å². The predicted molar refractivity (Wildman–Crippen MR) is 60.9 cm³/mol. The zero-order valence-corrected chi connectivity index (χ0v) is 9.29. The van der Waals surface area contributed by atoms with E-state index in [1.54, 1.807) is 26.1 Å². The van der Waals surface area contributed by atoms with E-state index in [9.17, 15) is 14.9 Å². The summed E-state index contributed by atoms with van der Waals surface area (Å²) in [7, 11) is 1.62. The molecule has 0 N–H and O–H groups in total. The van der Waals surface area contributed by atoms with Gasteiger partial charge in [0.05, 0.1) is 0 Å². The first-order chi connectivity index (χ1) is 7.52. The van der Waals surface area contributed by atoms with Crippen molar-refractivity contribution in [3.05, 3.63) is 40.4 Å². The molecule has 0 heterocycles. The first-order valence-electron chi connectivity index (χ1n) is 4.96. The van der Waals surface area contributed by atoms with Crippen molar-refractivity contribution in [3.8, 4) is 0 Å². The molecule has 5 heteroatoms. The number of anilines is 1. The maximum absolute atomic E-state index is 11.8. The van der Waals surface area contributed by atoms with E-state index in [2.05, 4.69) is 0 Å². The lowest BCUT2D eigenvalue weighted by molar-refractivity contribution is -0.484. The van der Waals surface area contributed by atoms with Crippen LogP contribution in [0.2, 0.25) is 0 Å². The molecule has 0 aliphatic heterocycles. The molecule has 0 saturated carbocycles. The topological polar surface area (TPSA) is 63.5 Å². The van der Waals surface area contributed by atoms with Crippen LogP contribution in [-0.2, 0) is 4.79 Å². The van der Waals surface area contributed by atoms with E-state index in [0.29, 0.717) is 0 Å². The molecule has 0 aromatic heterocycles. The number of hydrogen-bond acceptors (Lipinski definition) is 3. The smallest absolute Gasteiger partial charge is 0.236 e. The fourth-order valence-electron chi connectivity index (χ4n) is 1.41. The van der Waals surface area contributed by atoms with Gasteiger partial charge in [-0.1, -0.05) is 18.2 Å². The Morgan fingerprint density at radius 1 is 1.44 bits per heavy atom. The standard InChI is InChI=1S/C11H14N2O3/c1-9(8-13(15)16)11(14)12(2)10-6-4-3-5-7-10/h3-7,9H,8H2,1-2H3. The first kappa shape index (κ1) is 12.2. The van der Waals surface area contributed by atoms with Crippen LogP contribution in [0.3, 0.4) is 0 Å². The van der Waals surface area contributed by atoms with Gasteiger partial charge in [0, 0.05) is 17.7 Å². The Bertz CT molecular complexity index is 378. The van der Waals surface area contributed by atoms with Crippen molar-refractivity contribution in [2.24, 2.45) is 5.92 Å². The summed E-state index contributed by atoms with van der Waals surface area (Å²) < 4.78 is 0. The van der Waals surface area contributed by atoms with Crippen LogP contribution < -0.4 is 4.90 Å². The maximum Gasteiger partial charge on any atom is 0.236 e. The molecule has 0 aliphatic rings. The van der Waals surface area contributed by atoms with E-state index < -0.39 is 10.8 Å². The van der Waals surface area contributed by atoms with E-state index in [-0.39, 0.29) is 12.5 Å². The highest BCUT2D eigenvalue weighted by atomic mass is 16.6. The Kier molecular flexibility index (Phi) is 3.99. The second kappa shape index (κ2) is 5.25. The number of amides is 1. The van der Waals surface area contributed by atoms with Gasteiger partial charge in [-0.3, -0.25) is 14.9 Å². The third-order valence-corrected chi connectivity index (χ3v) is 2.32. The molecule has 86 valence electrons. The highest BCUT2D eigenvalue weighted by molar-refractivity contribution is 5.94. The minimum atomic E-state index is -0.611. The number of benzene rings is 1. The van der Waals surface area contributed by atoms with Crippen LogP contribution >= 0.6 is 0 Å². The predicted octanol–water partition coefficient (Wildman–Crippen LogP) is 1.56. The van der Waals surface area contributed by atoms with Crippen molar-refractivity contribution < 1.29 is 9.72 Å². The largest absolute Gasteiger partial charge is 0.315 e. The van der Waals surface area contributed by atoms with Gasteiger partial charge in [0.2, 0.25) is 12.5 Å². The van der Waals surface area contributed by atoms with Crippen molar-refractivity contribution in [2.45, 2.75) is 6.92 Å². The Hall–Kier alpha value is -1.91. The highest BCUT2D eigenvalue weighted by Crippen LogP contribution is 2.14. The summed E-state index contributed by atoms with van der Waals surface area (Å²) in [6.45, 7) is 1.22. The zero-order chi connectivity index (χ0) is 12.1. The normalized spacial score (nSPS) is 11.9. The van der Waals surface area contributed by atoms with E-state index in [1.165, 1.54) is 4.90 Å². The summed E-state index contributed by atoms with van der Waals surface area (Å²) in [5.41, 5.74) is 0.739. The van der Waals surface area contributed by atoms with Crippen LogP contribution in [0.1, 0.15) is 6.92 Å². The number of hydrogen-bond donors (Lipinski definition) is 0. The summed E-state index contributed by atoms with van der Waals surface area (Å²) in [5, 5.41) is 10.3. The fourth-order valence-corrected chi connectivity index (χ4v) is 1.41. The third kappa shape index (κ3) is 3.05. The van der Waals surface area contributed by atoms with Crippen LogP contribution in [0, 0.1) is 16.0 Å². The third-order valence-electron chi connectivity index (χ3n) is 2.32. The van der Waals surface area contributed by atoms with Crippen LogP contribution in [0.4, 0.5) is 5.69 Å². The lowest BCUT2D eigenvalue weighted by Gasteiger charge is -2.19. The van der Waals surface area contributed by atoms with Crippen molar-refractivity contribution >= 4 is 11.6 Å². The summed E-state index contributed by atoms with van der Waals surface area (Å²) in [6.07, 6.45) is 0. The number of rotatable bonds is 4. The molecule has 5 nitrogen and oxygen atoms in total. The molecule has 1 rings (SSSR count). The van der Waals surface area contributed by atoms with Crippen molar-refractivity contribution in [3.63, 3.8) is 0 Å². The van der Waals surface area contributed by atoms with Crippen molar-refractivity contribution in [2.75, 3.05) is 18.5 Å². The van der Waals surface area contributed by atoms with Gasteiger partial charge in [-0.15, -0.1) is 0 Å². The summed E-state index contributed by atoms with van der Waals surface area (Å²) in [6, 6.07) is 9.06. The number of carbonyl (C=O) groups is 1. The number of nitro groups is 1. The van der Waals surface area contributed by atoms with Gasteiger partial charge in [0.1, 0.15) is 5.92 Å². The zero-order valence-electron chi connectivity index (χ0n) is 9.29. The molecule has 0 spiro atoms. The maximum atomic E-state index is 11.8. The van der Waals surface area contributed by atoms with Gasteiger partial charge in [-0.05, 0) is 19.1 Å². The average molecular weight is 222 g/mol. The highest BCUT2D eigenvalue weighted by Gasteiger charge is 2.22. The molecule has 0 fully saturated rings. The van der Waals surface area contributed by atoms with E-state index in [0.717, 1.165) is 5.69 Å². The Morgan fingerprint density at radius 2 is 2.00 bits per heavy atom. The summed E-state index contributed by atoms with van der Waals surface area (Å²) in [5.74, 6) is -0.858. The van der Waals surface area contributed by atoms with Crippen LogP contribution in [-0.4, -0.2) is 24.4 Å². The minimum Gasteiger partial charge on any atom is -0.315 e. The Morgan fingerprint density at radius 3 is 2.50 bits per heavy atom. The fraction of sp³-hybridized carbons (Fsp3) is 0.364. The monoisotopic (exact) mass is 222 g/mol. The van der Waals surface area contributed by atoms with Gasteiger partial charge in [0.15, 0.2) is 0 Å². The molecule has 0 saturated heterocycles. The molecule has 1 amide bonds. The molecule has 0 bridgehead atoms. The summed E-state index contributed by atoms with van der Waals surface area (Å²) in [4.78, 5) is 23.1. The van der Waals surface area contributed by atoms with Crippen LogP contribution in [0.15, 0.2) is 30.3 Å². The summed E-state index contributed by atoms with van der Waals surface area (Å²) >= 11 is 0. The van der Waals surface area contributed by atoms with Gasteiger partial charge in [-0.25, -0.2) is 0 Å². The minimum absolute atomic E-state index is 0.247. The van der Waals surface area contributed by atoms with Crippen LogP contribution in [0.25, 0.3) is 0 Å². The number of nitrogens with zero attached hydrogens (tertiary/aromatic N) is 2. The lowest BCUT2D eigenvalue weighted by atomic mass is 10.1. The molecule has 1 aromatic carbocycles.